The van der Waals surface area contributed by atoms with Crippen LogP contribution in [-0.2, 0) is 4.74 Å². The third kappa shape index (κ3) is 3.96. The van der Waals surface area contributed by atoms with Crippen LogP contribution in [0.25, 0.3) is 0 Å². The molecule has 23 heavy (non-hydrogen) atoms. The number of benzene rings is 1. The summed E-state index contributed by atoms with van der Waals surface area (Å²) in [6, 6.07) is 4.15. The van der Waals surface area contributed by atoms with Gasteiger partial charge in [0.1, 0.15) is 0 Å². The van der Waals surface area contributed by atoms with E-state index in [1.807, 2.05) is 0 Å². The van der Waals surface area contributed by atoms with Crippen molar-refractivity contribution in [2.45, 2.75) is 18.4 Å². The number of nitro groups is 1. The monoisotopic (exact) mass is 323 g/mol. The third-order valence-electron chi connectivity index (χ3n) is 3.98. The molecule has 8 heteroatoms. The maximum atomic E-state index is 12.3. The summed E-state index contributed by atoms with van der Waals surface area (Å²) in [5.74, 6) is -0.236. The molecule has 2 N–H and O–H groups in total. The molecule has 0 aromatic heterocycles. The van der Waals surface area contributed by atoms with E-state index in [1.165, 1.54) is 25.3 Å². The van der Waals surface area contributed by atoms with Crippen molar-refractivity contribution in [2.24, 2.45) is 0 Å². The zero-order valence-corrected chi connectivity index (χ0v) is 13.3. The Morgan fingerprint density at radius 1 is 1.48 bits per heavy atom. The standard InChI is InChI=1S/C15H21N3O5/c1-22-10-15(6-3-7-17-15)9-16-14(19)11-4-5-13(23-2)12(8-11)18(20)21/h4-5,8,17H,3,6-7,9-10H2,1-2H3,(H,16,19). The molecule has 0 aliphatic carbocycles. The molecular weight excluding hydrogens is 302 g/mol. The van der Waals surface area contributed by atoms with Gasteiger partial charge in [-0.1, -0.05) is 0 Å². The van der Waals surface area contributed by atoms with Crippen LogP contribution in [0.2, 0.25) is 0 Å². The summed E-state index contributed by atoms with van der Waals surface area (Å²) >= 11 is 0. The molecule has 1 saturated heterocycles. The lowest BCUT2D eigenvalue weighted by atomic mass is 9.98. The smallest absolute Gasteiger partial charge is 0.311 e. The normalized spacial score (nSPS) is 20.3. The number of nitrogens with zero attached hydrogens (tertiary/aromatic N) is 1. The number of amides is 1. The number of nitrogens with one attached hydrogen (secondary N) is 2. The Bertz CT molecular complexity index is 584. The van der Waals surface area contributed by atoms with Crippen LogP contribution in [0.15, 0.2) is 18.2 Å². The van der Waals surface area contributed by atoms with Crippen LogP contribution in [-0.4, -0.2) is 50.3 Å². The van der Waals surface area contributed by atoms with Crippen molar-refractivity contribution in [1.29, 1.82) is 0 Å². The van der Waals surface area contributed by atoms with E-state index in [4.69, 9.17) is 9.47 Å². The number of methoxy groups -OCH3 is 2. The van der Waals surface area contributed by atoms with Crippen LogP contribution in [0, 0.1) is 10.1 Å². The molecule has 8 nitrogen and oxygen atoms in total. The van der Waals surface area contributed by atoms with Gasteiger partial charge in [0, 0.05) is 25.3 Å². The Morgan fingerprint density at radius 3 is 2.83 bits per heavy atom. The number of carbonyl (C=O) groups is 1. The SMILES string of the molecule is COCC1(CNC(=O)c2ccc(OC)c([N+](=O)[O-])c2)CCCN1. The second-order valence-corrected chi connectivity index (χ2v) is 5.57. The average Bonchev–Trinajstić information content (AvgIpc) is 3.01. The Labute approximate surface area is 134 Å². The van der Waals surface area contributed by atoms with E-state index < -0.39 is 4.92 Å². The summed E-state index contributed by atoms with van der Waals surface area (Å²) in [7, 11) is 2.97. The maximum Gasteiger partial charge on any atom is 0.311 e. The van der Waals surface area contributed by atoms with Gasteiger partial charge in [0.15, 0.2) is 5.75 Å². The molecule has 0 spiro atoms. The number of hydrogen-bond donors (Lipinski definition) is 2. The van der Waals surface area contributed by atoms with Crippen LogP contribution in [0.5, 0.6) is 5.75 Å². The number of nitro benzene ring substituents is 1. The summed E-state index contributed by atoms with van der Waals surface area (Å²) in [6.07, 6.45) is 1.93. The van der Waals surface area contributed by atoms with Gasteiger partial charge in [0.25, 0.3) is 5.91 Å². The number of ether oxygens (including phenoxy) is 2. The number of hydrogen-bond acceptors (Lipinski definition) is 6. The quantitative estimate of drug-likeness (QED) is 0.575. The first kappa shape index (κ1) is 17.2. The van der Waals surface area contributed by atoms with Gasteiger partial charge in [-0.25, -0.2) is 0 Å². The predicted molar refractivity (Wildman–Crippen MR) is 83.8 cm³/mol. The molecule has 1 atom stereocenters. The lowest BCUT2D eigenvalue weighted by Crippen LogP contribution is -2.53. The molecule has 1 fully saturated rings. The van der Waals surface area contributed by atoms with E-state index in [2.05, 4.69) is 10.6 Å². The van der Waals surface area contributed by atoms with Gasteiger partial charge in [-0.3, -0.25) is 14.9 Å². The van der Waals surface area contributed by atoms with Crippen LogP contribution < -0.4 is 15.4 Å². The fourth-order valence-corrected chi connectivity index (χ4v) is 2.80. The molecule has 0 bridgehead atoms. The van der Waals surface area contributed by atoms with E-state index in [0.29, 0.717) is 13.2 Å². The molecule has 1 amide bonds. The van der Waals surface area contributed by atoms with Crippen LogP contribution in [0.4, 0.5) is 5.69 Å². The number of carbonyl (C=O) groups excluding carboxylic acids is 1. The minimum absolute atomic E-state index is 0.125. The highest BCUT2D eigenvalue weighted by molar-refractivity contribution is 5.95. The molecule has 1 aliphatic heterocycles. The van der Waals surface area contributed by atoms with Crippen molar-refractivity contribution < 1.29 is 19.2 Å². The van der Waals surface area contributed by atoms with E-state index >= 15 is 0 Å². The summed E-state index contributed by atoms with van der Waals surface area (Å²) in [5.41, 5.74) is -0.281. The van der Waals surface area contributed by atoms with Crippen molar-refractivity contribution in [3.05, 3.63) is 33.9 Å². The van der Waals surface area contributed by atoms with Gasteiger partial charge in [-0.15, -0.1) is 0 Å². The minimum Gasteiger partial charge on any atom is -0.490 e. The molecule has 0 radical (unpaired) electrons. The Morgan fingerprint density at radius 2 is 2.26 bits per heavy atom. The highest BCUT2D eigenvalue weighted by atomic mass is 16.6. The molecule has 0 saturated carbocycles. The molecule has 1 aromatic rings. The van der Waals surface area contributed by atoms with Crippen molar-refractivity contribution >= 4 is 11.6 Å². The van der Waals surface area contributed by atoms with E-state index in [1.54, 1.807) is 7.11 Å². The maximum absolute atomic E-state index is 12.3. The Balaban J connectivity index is 2.08. The third-order valence-corrected chi connectivity index (χ3v) is 3.98. The fourth-order valence-electron chi connectivity index (χ4n) is 2.80. The van der Waals surface area contributed by atoms with E-state index in [0.717, 1.165) is 19.4 Å². The second-order valence-electron chi connectivity index (χ2n) is 5.57. The Kier molecular flexibility index (Phi) is 5.51. The molecule has 1 aliphatic rings. The van der Waals surface area contributed by atoms with Gasteiger partial charge in [0.2, 0.25) is 0 Å². The highest BCUT2D eigenvalue weighted by Crippen LogP contribution is 2.27. The first-order chi connectivity index (χ1) is 11.0. The van der Waals surface area contributed by atoms with Crippen LogP contribution in [0.3, 0.4) is 0 Å². The molecule has 126 valence electrons. The first-order valence-electron chi connectivity index (χ1n) is 7.36. The predicted octanol–water partition coefficient (Wildman–Crippen LogP) is 1.10. The minimum atomic E-state index is -0.569. The number of rotatable bonds is 7. The molecule has 1 heterocycles. The largest absolute Gasteiger partial charge is 0.490 e. The summed E-state index contributed by atoms with van der Waals surface area (Å²) in [4.78, 5) is 22.7. The topological polar surface area (TPSA) is 103 Å². The van der Waals surface area contributed by atoms with Crippen molar-refractivity contribution in [3.63, 3.8) is 0 Å². The van der Waals surface area contributed by atoms with Gasteiger partial charge in [-0.2, -0.15) is 0 Å². The zero-order valence-electron chi connectivity index (χ0n) is 13.3. The van der Waals surface area contributed by atoms with Gasteiger partial charge >= 0.3 is 5.69 Å². The first-order valence-corrected chi connectivity index (χ1v) is 7.36. The molecule has 1 unspecified atom stereocenters. The Hall–Kier alpha value is -2.19. The van der Waals surface area contributed by atoms with Crippen molar-refractivity contribution in [1.82, 2.24) is 10.6 Å². The molecule has 1 aromatic carbocycles. The lowest BCUT2D eigenvalue weighted by molar-refractivity contribution is -0.385. The van der Waals surface area contributed by atoms with Crippen molar-refractivity contribution in [3.8, 4) is 5.75 Å². The zero-order chi connectivity index (χ0) is 16.9. The second kappa shape index (κ2) is 7.38. The van der Waals surface area contributed by atoms with Crippen LogP contribution in [0.1, 0.15) is 23.2 Å². The average molecular weight is 323 g/mol. The lowest BCUT2D eigenvalue weighted by Gasteiger charge is -2.28. The summed E-state index contributed by atoms with van der Waals surface area (Å²) < 4.78 is 10.2. The van der Waals surface area contributed by atoms with Crippen LogP contribution >= 0.6 is 0 Å². The molecule has 2 rings (SSSR count). The fraction of sp³-hybridized carbons (Fsp3) is 0.533. The van der Waals surface area contributed by atoms with Gasteiger partial charge in [0.05, 0.1) is 24.2 Å². The van der Waals surface area contributed by atoms with E-state index in [9.17, 15) is 14.9 Å². The molecular formula is C15H21N3O5. The summed E-state index contributed by atoms with van der Waals surface area (Å²) in [5, 5.41) is 17.2. The van der Waals surface area contributed by atoms with Gasteiger partial charge in [-0.05, 0) is 31.5 Å². The summed E-state index contributed by atoms with van der Waals surface area (Å²) in [6.45, 7) is 1.78. The van der Waals surface area contributed by atoms with E-state index in [-0.39, 0.29) is 28.4 Å². The van der Waals surface area contributed by atoms with Crippen molar-refractivity contribution in [2.75, 3.05) is 33.9 Å². The highest BCUT2D eigenvalue weighted by Gasteiger charge is 2.34. The van der Waals surface area contributed by atoms with Gasteiger partial charge < -0.3 is 20.1 Å².